The Bertz CT molecular complexity index is 277. The zero-order chi connectivity index (χ0) is 12.8. The van der Waals surface area contributed by atoms with Crippen LogP contribution in [0.3, 0.4) is 0 Å². The molecule has 1 unspecified atom stereocenters. The lowest BCUT2D eigenvalue weighted by Crippen LogP contribution is -2.48. The Morgan fingerprint density at radius 3 is 2.53 bits per heavy atom. The van der Waals surface area contributed by atoms with Gasteiger partial charge in [0, 0.05) is 19.6 Å². The number of carbonyl (C=O) groups excluding carboxylic acids is 1. The molecule has 1 aliphatic rings. The molecule has 1 rings (SSSR count). The highest BCUT2D eigenvalue weighted by molar-refractivity contribution is 5.76. The van der Waals surface area contributed by atoms with Crippen LogP contribution in [0, 0.1) is 5.92 Å². The van der Waals surface area contributed by atoms with Crippen LogP contribution in [0.5, 0.6) is 0 Å². The van der Waals surface area contributed by atoms with Crippen molar-refractivity contribution in [2.24, 2.45) is 5.92 Å². The van der Waals surface area contributed by atoms with Gasteiger partial charge in [-0.2, -0.15) is 0 Å². The number of nitrogens with one attached hydrogen (secondary N) is 1. The maximum absolute atomic E-state index is 11.7. The summed E-state index contributed by atoms with van der Waals surface area (Å²) in [6, 6.07) is 0.182. The quantitative estimate of drug-likeness (QED) is 0.744. The summed E-state index contributed by atoms with van der Waals surface area (Å²) in [4.78, 5) is 24.3. The van der Waals surface area contributed by atoms with Gasteiger partial charge in [-0.15, -0.1) is 0 Å². The van der Waals surface area contributed by atoms with E-state index in [2.05, 4.69) is 5.32 Å². The van der Waals surface area contributed by atoms with Gasteiger partial charge in [0.15, 0.2) is 0 Å². The first-order valence-corrected chi connectivity index (χ1v) is 6.29. The maximum Gasteiger partial charge on any atom is 0.317 e. The van der Waals surface area contributed by atoms with Crippen molar-refractivity contribution in [1.29, 1.82) is 0 Å². The second-order valence-electron chi connectivity index (χ2n) is 4.71. The normalized spacial score (nSPS) is 17.1. The molecule has 0 aliphatic heterocycles. The average Bonchev–Trinajstić information content (AvgIpc) is 2.20. The second-order valence-corrected chi connectivity index (χ2v) is 4.71. The molecule has 0 aromatic carbocycles. The van der Waals surface area contributed by atoms with Crippen LogP contribution in [0.4, 0.5) is 4.79 Å². The molecule has 0 bridgehead atoms. The Hall–Kier alpha value is -1.26. The van der Waals surface area contributed by atoms with E-state index in [1.54, 1.807) is 11.9 Å². The number of aliphatic carboxylic acids is 1. The molecule has 1 aliphatic carbocycles. The number of carbonyl (C=O) groups is 2. The molecule has 0 heterocycles. The standard InChI is InChI=1S/C12H22N2O3/c1-3-5-9(11(15)16)8-13-12(17)14(2)10-6-4-7-10/h9-10H,3-8H2,1-2H3,(H,13,17)(H,15,16). The summed E-state index contributed by atoms with van der Waals surface area (Å²) in [6.45, 7) is 2.16. The van der Waals surface area contributed by atoms with E-state index >= 15 is 0 Å². The molecule has 17 heavy (non-hydrogen) atoms. The smallest absolute Gasteiger partial charge is 0.317 e. The fourth-order valence-electron chi connectivity index (χ4n) is 1.94. The SMILES string of the molecule is CCCC(CNC(=O)N(C)C1CCC1)C(=O)O. The van der Waals surface area contributed by atoms with Crippen molar-refractivity contribution in [3.63, 3.8) is 0 Å². The monoisotopic (exact) mass is 242 g/mol. The molecule has 0 saturated heterocycles. The minimum atomic E-state index is -0.835. The van der Waals surface area contributed by atoms with Gasteiger partial charge < -0.3 is 15.3 Å². The summed E-state index contributed by atoms with van der Waals surface area (Å²) < 4.78 is 0. The molecule has 2 amide bonds. The molecule has 0 aromatic heterocycles. The fraction of sp³-hybridized carbons (Fsp3) is 0.833. The lowest BCUT2D eigenvalue weighted by atomic mass is 9.92. The highest BCUT2D eigenvalue weighted by Crippen LogP contribution is 2.23. The summed E-state index contributed by atoms with van der Waals surface area (Å²) in [5.74, 6) is -1.31. The lowest BCUT2D eigenvalue weighted by molar-refractivity contribution is -0.141. The van der Waals surface area contributed by atoms with E-state index in [4.69, 9.17) is 5.11 Å². The minimum absolute atomic E-state index is 0.156. The van der Waals surface area contributed by atoms with Crippen molar-refractivity contribution in [3.8, 4) is 0 Å². The predicted octanol–water partition coefficient (Wildman–Crippen LogP) is 1.68. The number of hydrogen-bond donors (Lipinski definition) is 2. The van der Waals surface area contributed by atoms with E-state index in [1.165, 1.54) is 6.42 Å². The zero-order valence-electron chi connectivity index (χ0n) is 10.6. The van der Waals surface area contributed by atoms with Crippen molar-refractivity contribution >= 4 is 12.0 Å². The van der Waals surface area contributed by atoms with Crippen molar-refractivity contribution in [1.82, 2.24) is 10.2 Å². The summed E-state index contributed by atoms with van der Waals surface area (Å²) in [7, 11) is 1.77. The van der Waals surface area contributed by atoms with Crippen LogP contribution in [0.1, 0.15) is 39.0 Å². The van der Waals surface area contributed by atoms with Crippen molar-refractivity contribution in [2.45, 2.75) is 45.1 Å². The van der Waals surface area contributed by atoms with E-state index in [0.717, 1.165) is 19.3 Å². The Morgan fingerprint density at radius 2 is 2.12 bits per heavy atom. The van der Waals surface area contributed by atoms with Crippen LogP contribution in [0.15, 0.2) is 0 Å². The summed E-state index contributed by atoms with van der Waals surface area (Å²) >= 11 is 0. The molecule has 5 heteroatoms. The van der Waals surface area contributed by atoms with Gasteiger partial charge in [0.05, 0.1) is 5.92 Å². The van der Waals surface area contributed by atoms with Gasteiger partial charge in [0.25, 0.3) is 0 Å². The minimum Gasteiger partial charge on any atom is -0.481 e. The number of carboxylic acid groups (broad SMARTS) is 1. The number of rotatable bonds is 6. The topological polar surface area (TPSA) is 69.6 Å². The number of amides is 2. The van der Waals surface area contributed by atoms with Gasteiger partial charge in [0.2, 0.25) is 0 Å². The van der Waals surface area contributed by atoms with Crippen LogP contribution in [-0.2, 0) is 4.79 Å². The van der Waals surface area contributed by atoms with Crippen molar-refractivity contribution in [2.75, 3.05) is 13.6 Å². The Kier molecular flexibility index (Phi) is 5.25. The molecule has 0 aromatic rings. The molecule has 0 spiro atoms. The van der Waals surface area contributed by atoms with Gasteiger partial charge >= 0.3 is 12.0 Å². The number of hydrogen-bond acceptors (Lipinski definition) is 2. The Morgan fingerprint density at radius 1 is 1.47 bits per heavy atom. The summed E-state index contributed by atoms with van der Waals surface area (Å²) in [5.41, 5.74) is 0. The molecule has 1 fully saturated rings. The molecule has 1 atom stereocenters. The van der Waals surface area contributed by atoms with Gasteiger partial charge in [-0.1, -0.05) is 13.3 Å². The maximum atomic E-state index is 11.7. The number of carboxylic acids is 1. The molecular formula is C12H22N2O3. The van der Waals surface area contributed by atoms with Crippen LogP contribution >= 0.6 is 0 Å². The van der Waals surface area contributed by atoms with Crippen molar-refractivity contribution in [3.05, 3.63) is 0 Å². The average molecular weight is 242 g/mol. The highest BCUT2D eigenvalue weighted by atomic mass is 16.4. The predicted molar refractivity (Wildman–Crippen MR) is 64.8 cm³/mol. The van der Waals surface area contributed by atoms with Gasteiger partial charge in [-0.05, 0) is 25.7 Å². The molecular weight excluding hydrogens is 220 g/mol. The van der Waals surface area contributed by atoms with E-state index in [-0.39, 0.29) is 12.6 Å². The first kappa shape index (κ1) is 13.8. The lowest BCUT2D eigenvalue weighted by Gasteiger charge is -2.34. The number of nitrogens with zero attached hydrogens (tertiary/aromatic N) is 1. The Labute approximate surface area is 102 Å². The van der Waals surface area contributed by atoms with E-state index in [9.17, 15) is 9.59 Å². The van der Waals surface area contributed by atoms with Crippen molar-refractivity contribution < 1.29 is 14.7 Å². The molecule has 2 N–H and O–H groups in total. The fourth-order valence-corrected chi connectivity index (χ4v) is 1.94. The van der Waals surface area contributed by atoms with Crippen LogP contribution in [-0.4, -0.2) is 41.6 Å². The first-order chi connectivity index (χ1) is 8.06. The van der Waals surface area contributed by atoms with Crippen LogP contribution in [0.25, 0.3) is 0 Å². The first-order valence-electron chi connectivity index (χ1n) is 6.29. The third-order valence-corrected chi connectivity index (χ3v) is 3.43. The van der Waals surface area contributed by atoms with Gasteiger partial charge in [-0.25, -0.2) is 4.79 Å². The molecule has 0 radical (unpaired) electrons. The van der Waals surface area contributed by atoms with E-state index in [1.807, 2.05) is 6.92 Å². The zero-order valence-corrected chi connectivity index (χ0v) is 10.6. The van der Waals surface area contributed by atoms with Crippen LogP contribution in [0.2, 0.25) is 0 Å². The summed E-state index contributed by atoms with van der Waals surface area (Å²) in [6.07, 6.45) is 4.70. The molecule has 98 valence electrons. The molecule has 1 saturated carbocycles. The highest BCUT2D eigenvalue weighted by Gasteiger charge is 2.26. The third-order valence-electron chi connectivity index (χ3n) is 3.43. The largest absolute Gasteiger partial charge is 0.481 e. The van der Waals surface area contributed by atoms with Crippen LogP contribution < -0.4 is 5.32 Å². The second kappa shape index (κ2) is 6.47. The van der Waals surface area contributed by atoms with E-state index in [0.29, 0.717) is 12.5 Å². The van der Waals surface area contributed by atoms with Gasteiger partial charge in [0.1, 0.15) is 0 Å². The molecule has 5 nitrogen and oxygen atoms in total. The Balaban J connectivity index is 2.31. The third kappa shape index (κ3) is 3.91. The summed E-state index contributed by atoms with van der Waals surface area (Å²) in [5, 5.41) is 11.7. The van der Waals surface area contributed by atoms with E-state index < -0.39 is 11.9 Å². The van der Waals surface area contributed by atoms with Gasteiger partial charge in [-0.3, -0.25) is 4.79 Å². The number of urea groups is 1.